The van der Waals surface area contributed by atoms with Crippen LogP contribution in [0.3, 0.4) is 0 Å². The van der Waals surface area contributed by atoms with E-state index >= 15 is 0 Å². The SMILES string of the molecule is CC(=NNC(=O)c1ccc(Cl)cc1)c1ccc(NC(=O)c2ccc(Cl)cc2Cl)cc1. The van der Waals surface area contributed by atoms with E-state index in [-0.39, 0.29) is 16.8 Å². The monoisotopic (exact) mass is 459 g/mol. The Hall–Kier alpha value is -2.86. The molecule has 2 amide bonds. The largest absolute Gasteiger partial charge is 0.322 e. The van der Waals surface area contributed by atoms with Crippen molar-refractivity contribution in [3.8, 4) is 0 Å². The zero-order valence-corrected chi connectivity index (χ0v) is 18.0. The van der Waals surface area contributed by atoms with E-state index in [0.717, 1.165) is 5.56 Å². The van der Waals surface area contributed by atoms with E-state index in [1.165, 1.54) is 6.07 Å². The van der Waals surface area contributed by atoms with Gasteiger partial charge in [0.15, 0.2) is 0 Å². The van der Waals surface area contributed by atoms with Gasteiger partial charge in [0.05, 0.1) is 16.3 Å². The number of hydrazone groups is 1. The van der Waals surface area contributed by atoms with Gasteiger partial charge in [0.1, 0.15) is 0 Å². The van der Waals surface area contributed by atoms with E-state index < -0.39 is 0 Å². The first-order valence-corrected chi connectivity index (χ1v) is 9.94. The van der Waals surface area contributed by atoms with Gasteiger partial charge in [-0.3, -0.25) is 9.59 Å². The fourth-order valence-corrected chi connectivity index (χ4v) is 3.15. The van der Waals surface area contributed by atoms with E-state index in [4.69, 9.17) is 34.8 Å². The zero-order valence-electron chi connectivity index (χ0n) is 15.7. The highest BCUT2D eigenvalue weighted by Gasteiger charge is 2.11. The van der Waals surface area contributed by atoms with Crippen molar-refractivity contribution < 1.29 is 9.59 Å². The quantitative estimate of drug-likeness (QED) is 0.359. The maximum atomic E-state index is 12.4. The summed E-state index contributed by atoms with van der Waals surface area (Å²) in [6.45, 7) is 1.77. The third kappa shape index (κ3) is 5.60. The van der Waals surface area contributed by atoms with Crippen LogP contribution in [0.1, 0.15) is 33.2 Å². The van der Waals surface area contributed by atoms with Gasteiger partial charge in [0.25, 0.3) is 11.8 Å². The summed E-state index contributed by atoms with van der Waals surface area (Å²) in [5.41, 5.74) is 5.27. The Balaban J connectivity index is 1.64. The molecule has 0 heterocycles. The first kappa shape index (κ1) is 21.8. The fourth-order valence-electron chi connectivity index (χ4n) is 2.53. The molecule has 0 radical (unpaired) electrons. The summed E-state index contributed by atoms with van der Waals surface area (Å²) in [6, 6.07) is 18.2. The maximum absolute atomic E-state index is 12.4. The van der Waals surface area contributed by atoms with Crippen LogP contribution in [0.2, 0.25) is 15.1 Å². The molecule has 0 aliphatic rings. The van der Waals surface area contributed by atoms with E-state index in [1.807, 2.05) is 0 Å². The summed E-state index contributed by atoms with van der Waals surface area (Å²) in [5, 5.41) is 8.18. The molecular weight excluding hydrogens is 445 g/mol. The number of halogens is 3. The van der Waals surface area contributed by atoms with Gasteiger partial charge in [0, 0.05) is 21.3 Å². The number of amides is 2. The van der Waals surface area contributed by atoms with E-state index in [0.29, 0.717) is 32.6 Å². The van der Waals surface area contributed by atoms with Crippen molar-refractivity contribution in [1.29, 1.82) is 0 Å². The Bertz CT molecular complexity index is 1110. The smallest absolute Gasteiger partial charge is 0.271 e. The lowest BCUT2D eigenvalue weighted by Gasteiger charge is -2.08. The van der Waals surface area contributed by atoms with Crippen molar-refractivity contribution in [2.24, 2.45) is 5.10 Å². The summed E-state index contributed by atoms with van der Waals surface area (Å²) in [5.74, 6) is -0.681. The Morgan fingerprint density at radius 3 is 2.00 bits per heavy atom. The minimum Gasteiger partial charge on any atom is -0.322 e. The molecule has 0 atom stereocenters. The number of rotatable bonds is 5. The molecule has 0 bridgehead atoms. The summed E-state index contributed by atoms with van der Waals surface area (Å²) >= 11 is 17.7. The molecular formula is C22H16Cl3N3O2. The average molecular weight is 461 g/mol. The van der Waals surface area contributed by atoms with Gasteiger partial charge in [-0.1, -0.05) is 46.9 Å². The predicted molar refractivity (Wildman–Crippen MR) is 122 cm³/mol. The molecule has 0 saturated carbocycles. The molecule has 0 fully saturated rings. The maximum Gasteiger partial charge on any atom is 0.271 e. The molecule has 3 aromatic rings. The third-order valence-corrected chi connectivity index (χ3v) is 4.97. The van der Waals surface area contributed by atoms with Gasteiger partial charge >= 0.3 is 0 Å². The van der Waals surface area contributed by atoms with E-state index in [1.54, 1.807) is 67.6 Å². The molecule has 3 rings (SSSR count). The second-order valence-corrected chi connectivity index (χ2v) is 7.58. The molecule has 5 nitrogen and oxygen atoms in total. The summed E-state index contributed by atoms with van der Waals surface area (Å²) in [4.78, 5) is 24.5. The van der Waals surface area contributed by atoms with Crippen molar-refractivity contribution in [2.75, 3.05) is 5.32 Å². The molecule has 0 aliphatic carbocycles. The molecule has 2 N–H and O–H groups in total. The number of benzene rings is 3. The molecule has 0 spiro atoms. The zero-order chi connectivity index (χ0) is 21.7. The molecule has 0 unspecified atom stereocenters. The lowest BCUT2D eigenvalue weighted by Crippen LogP contribution is -2.19. The molecule has 0 aliphatic heterocycles. The van der Waals surface area contributed by atoms with Gasteiger partial charge in [-0.2, -0.15) is 5.10 Å². The lowest BCUT2D eigenvalue weighted by atomic mass is 10.1. The van der Waals surface area contributed by atoms with Crippen molar-refractivity contribution in [1.82, 2.24) is 5.43 Å². The van der Waals surface area contributed by atoms with Crippen LogP contribution in [0.25, 0.3) is 0 Å². The van der Waals surface area contributed by atoms with Crippen molar-refractivity contribution in [3.05, 3.63) is 98.5 Å². The van der Waals surface area contributed by atoms with Gasteiger partial charge in [-0.05, 0) is 67.1 Å². The lowest BCUT2D eigenvalue weighted by molar-refractivity contribution is 0.0954. The van der Waals surface area contributed by atoms with Crippen LogP contribution in [-0.4, -0.2) is 17.5 Å². The number of hydrogen-bond acceptors (Lipinski definition) is 3. The number of carbonyl (C=O) groups is 2. The van der Waals surface area contributed by atoms with Crippen LogP contribution in [0.5, 0.6) is 0 Å². The summed E-state index contributed by atoms with van der Waals surface area (Å²) in [7, 11) is 0. The van der Waals surface area contributed by atoms with Gasteiger partial charge < -0.3 is 5.32 Å². The van der Waals surface area contributed by atoms with Crippen LogP contribution in [0.15, 0.2) is 71.8 Å². The van der Waals surface area contributed by atoms with Gasteiger partial charge in [0.2, 0.25) is 0 Å². The molecule has 0 saturated heterocycles. The minimum absolute atomic E-state index is 0.274. The highest BCUT2D eigenvalue weighted by molar-refractivity contribution is 6.37. The topological polar surface area (TPSA) is 70.6 Å². The van der Waals surface area contributed by atoms with Crippen LogP contribution in [0.4, 0.5) is 5.69 Å². The highest BCUT2D eigenvalue weighted by Crippen LogP contribution is 2.22. The number of carbonyl (C=O) groups excluding carboxylic acids is 2. The molecule has 8 heteroatoms. The summed E-state index contributed by atoms with van der Waals surface area (Å²) < 4.78 is 0. The van der Waals surface area contributed by atoms with E-state index in [9.17, 15) is 9.59 Å². The number of anilines is 1. The van der Waals surface area contributed by atoms with E-state index in [2.05, 4.69) is 15.8 Å². The van der Waals surface area contributed by atoms with Crippen molar-refractivity contribution in [2.45, 2.75) is 6.92 Å². The first-order valence-electron chi connectivity index (χ1n) is 8.80. The third-order valence-electron chi connectivity index (χ3n) is 4.17. The number of nitrogens with one attached hydrogen (secondary N) is 2. The Labute approximate surface area is 188 Å². The highest BCUT2D eigenvalue weighted by atomic mass is 35.5. The minimum atomic E-state index is -0.343. The molecule has 152 valence electrons. The second-order valence-electron chi connectivity index (χ2n) is 6.30. The van der Waals surface area contributed by atoms with Crippen molar-refractivity contribution >= 4 is 58.0 Å². The second kappa shape index (κ2) is 9.76. The predicted octanol–water partition coefficient (Wildman–Crippen LogP) is 6.05. The van der Waals surface area contributed by atoms with Crippen LogP contribution in [-0.2, 0) is 0 Å². The van der Waals surface area contributed by atoms with Gasteiger partial charge in [-0.25, -0.2) is 5.43 Å². The van der Waals surface area contributed by atoms with Crippen molar-refractivity contribution in [3.63, 3.8) is 0 Å². The Morgan fingerprint density at radius 2 is 1.37 bits per heavy atom. The molecule has 0 aromatic heterocycles. The summed E-state index contributed by atoms with van der Waals surface area (Å²) in [6.07, 6.45) is 0. The first-order chi connectivity index (χ1) is 14.3. The Morgan fingerprint density at radius 1 is 0.767 bits per heavy atom. The fraction of sp³-hybridized carbons (Fsp3) is 0.0455. The standard InChI is InChI=1S/C22H16Cl3N3O2/c1-13(27-28-21(29)15-2-6-16(23)7-3-15)14-4-9-18(10-5-14)26-22(30)19-11-8-17(24)12-20(19)25/h2-12H,1H3,(H,26,30)(H,28,29). The molecule has 3 aromatic carbocycles. The normalized spacial score (nSPS) is 11.1. The number of nitrogens with zero attached hydrogens (tertiary/aromatic N) is 1. The van der Waals surface area contributed by atoms with Crippen LogP contribution < -0.4 is 10.7 Å². The van der Waals surface area contributed by atoms with Crippen LogP contribution >= 0.6 is 34.8 Å². The Kier molecular flexibility index (Phi) is 7.11. The van der Waals surface area contributed by atoms with Gasteiger partial charge in [-0.15, -0.1) is 0 Å². The van der Waals surface area contributed by atoms with Crippen LogP contribution in [0, 0.1) is 0 Å². The molecule has 30 heavy (non-hydrogen) atoms. The number of hydrogen-bond donors (Lipinski definition) is 2. The average Bonchev–Trinajstić information content (AvgIpc) is 2.72.